The van der Waals surface area contributed by atoms with Crippen molar-refractivity contribution in [3.8, 4) is 11.8 Å². The standard InChI is InChI=1S/C17H17FN2O/c1-20(13-15-4-2-3-5-17(15)18)10-11-21-16-8-6-14(12-19)7-9-16/h2-9H,10-11,13H2,1H3. The second-order valence-electron chi connectivity index (χ2n) is 4.81. The number of hydrogen-bond donors (Lipinski definition) is 0. The van der Waals surface area contributed by atoms with Crippen LogP contribution in [0, 0.1) is 17.1 Å². The van der Waals surface area contributed by atoms with Crippen molar-refractivity contribution in [3.63, 3.8) is 0 Å². The summed E-state index contributed by atoms with van der Waals surface area (Å²) in [6, 6.07) is 15.8. The Morgan fingerprint density at radius 3 is 2.52 bits per heavy atom. The first-order valence-electron chi connectivity index (χ1n) is 6.74. The van der Waals surface area contributed by atoms with E-state index < -0.39 is 0 Å². The predicted molar refractivity (Wildman–Crippen MR) is 79.4 cm³/mol. The lowest BCUT2D eigenvalue weighted by atomic mass is 10.2. The minimum absolute atomic E-state index is 0.183. The van der Waals surface area contributed by atoms with Crippen molar-refractivity contribution in [2.24, 2.45) is 0 Å². The molecule has 2 aromatic rings. The maximum absolute atomic E-state index is 13.5. The molecule has 0 radical (unpaired) electrons. The van der Waals surface area contributed by atoms with Crippen LogP contribution in [0.15, 0.2) is 48.5 Å². The minimum atomic E-state index is -0.183. The molecule has 0 saturated heterocycles. The van der Waals surface area contributed by atoms with Crippen LogP contribution in [0.25, 0.3) is 0 Å². The second kappa shape index (κ2) is 7.41. The normalized spacial score (nSPS) is 10.4. The molecule has 21 heavy (non-hydrogen) atoms. The van der Waals surface area contributed by atoms with Gasteiger partial charge in [-0.25, -0.2) is 4.39 Å². The lowest BCUT2D eigenvalue weighted by molar-refractivity contribution is 0.231. The molecule has 3 nitrogen and oxygen atoms in total. The number of rotatable bonds is 6. The van der Waals surface area contributed by atoms with E-state index in [1.54, 1.807) is 36.4 Å². The van der Waals surface area contributed by atoms with Gasteiger partial charge in [-0.3, -0.25) is 4.90 Å². The highest BCUT2D eigenvalue weighted by Gasteiger charge is 2.05. The number of halogens is 1. The van der Waals surface area contributed by atoms with E-state index in [0.717, 1.165) is 5.75 Å². The molecule has 0 spiro atoms. The number of nitrogens with zero attached hydrogens (tertiary/aromatic N) is 2. The maximum atomic E-state index is 13.5. The zero-order valence-electron chi connectivity index (χ0n) is 11.9. The fraction of sp³-hybridized carbons (Fsp3) is 0.235. The van der Waals surface area contributed by atoms with Gasteiger partial charge in [0, 0.05) is 18.7 Å². The number of hydrogen-bond acceptors (Lipinski definition) is 3. The fourth-order valence-electron chi connectivity index (χ4n) is 1.94. The number of likely N-dealkylation sites (N-methyl/N-ethyl adjacent to an activating group) is 1. The molecule has 0 aromatic heterocycles. The number of nitriles is 1. The van der Waals surface area contributed by atoms with Crippen molar-refractivity contribution in [1.82, 2.24) is 4.90 Å². The lowest BCUT2D eigenvalue weighted by Gasteiger charge is -2.17. The Morgan fingerprint density at radius 1 is 1.14 bits per heavy atom. The van der Waals surface area contributed by atoms with Crippen molar-refractivity contribution in [2.75, 3.05) is 20.2 Å². The zero-order valence-corrected chi connectivity index (χ0v) is 11.9. The Balaban J connectivity index is 1.77. The highest BCUT2D eigenvalue weighted by Crippen LogP contribution is 2.12. The molecule has 0 aliphatic carbocycles. The molecule has 108 valence electrons. The molecule has 0 saturated carbocycles. The Morgan fingerprint density at radius 2 is 1.86 bits per heavy atom. The molecule has 2 aromatic carbocycles. The summed E-state index contributed by atoms with van der Waals surface area (Å²) in [5, 5.41) is 8.71. The highest BCUT2D eigenvalue weighted by atomic mass is 19.1. The van der Waals surface area contributed by atoms with Crippen LogP contribution in [-0.4, -0.2) is 25.1 Å². The smallest absolute Gasteiger partial charge is 0.127 e. The second-order valence-corrected chi connectivity index (χ2v) is 4.81. The van der Waals surface area contributed by atoms with E-state index in [1.807, 2.05) is 18.0 Å². The van der Waals surface area contributed by atoms with E-state index in [2.05, 4.69) is 6.07 Å². The average molecular weight is 284 g/mol. The van der Waals surface area contributed by atoms with Gasteiger partial charge in [0.05, 0.1) is 11.6 Å². The molecule has 0 heterocycles. The highest BCUT2D eigenvalue weighted by molar-refractivity contribution is 5.34. The summed E-state index contributed by atoms with van der Waals surface area (Å²) in [6.07, 6.45) is 0. The summed E-state index contributed by atoms with van der Waals surface area (Å²) in [4.78, 5) is 2.00. The fourth-order valence-corrected chi connectivity index (χ4v) is 1.94. The SMILES string of the molecule is CN(CCOc1ccc(C#N)cc1)Cc1ccccc1F. The van der Waals surface area contributed by atoms with E-state index in [-0.39, 0.29) is 5.82 Å². The van der Waals surface area contributed by atoms with Gasteiger partial charge in [-0.2, -0.15) is 5.26 Å². The van der Waals surface area contributed by atoms with E-state index >= 15 is 0 Å². The lowest BCUT2D eigenvalue weighted by Crippen LogP contribution is -2.24. The number of ether oxygens (including phenoxy) is 1. The van der Waals surface area contributed by atoms with Gasteiger partial charge < -0.3 is 4.74 Å². The topological polar surface area (TPSA) is 36.3 Å². The van der Waals surface area contributed by atoms with Gasteiger partial charge >= 0.3 is 0 Å². The third-order valence-corrected chi connectivity index (χ3v) is 3.12. The molecule has 0 aliphatic heterocycles. The van der Waals surface area contributed by atoms with E-state index in [9.17, 15) is 4.39 Å². The van der Waals surface area contributed by atoms with Crippen molar-refractivity contribution >= 4 is 0 Å². The first-order chi connectivity index (χ1) is 10.2. The predicted octanol–water partition coefficient (Wildman–Crippen LogP) is 3.21. The molecule has 2 rings (SSSR count). The Hall–Kier alpha value is -2.38. The average Bonchev–Trinajstić information content (AvgIpc) is 2.50. The van der Waals surface area contributed by atoms with Crippen LogP contribution in [0.2, 0.25) is 0 Å². The van der Waals surface area contributed by atoms with Crippen LogP contribution in [-0.2, 0) is 6.54 Å². The summed E-state index contributed by atoms with van der Waals surface area (Å²) in [5.41, 5.74) is 1.29. The van der Waals surface area contributed by atoms with Crippen LogP contribution in [0.3, 0.4) is 0 Å². The quantitative estimate of drug-likeness (QED) is 0.817. The third kappa shape index (κ3) is 4.59. The van der Waals surface area contributed by atoms with Gasteiger partial charge in [0.25, 0.3) is 0 Å². The third-order valence-electron chi connectivity index (χ3n) is 3.12. The largest absolute Gasteiger partial charge is 0.492 e. The Bertz CT molecular complexity index is 619. The monoisotopic (exact) mass is 284 g/mol. The van der Waals surface area contributed by atoms with Gasteiger partial charge in [0.1, 0.15) is 18.2 Å². The van der Waals surface area contributed by atoms with Crippen molar-refractivity contribution in [3.05, 3.63) is 65.5 Å². The summed E-state index contributed by atoms with van der Waals surface area (Å²) in [6.45, 7) is 1.74. The Kier molecular flexibility index (Phi) is 5.30. The summed E-state index contributed by atoms with van der Waals surface area (Å²) < 4.78 is 19.1. The van der Waals surface area contributed by atoms with E-state index in [1.165, 1.54) is 6.07 Å². The molecule has 0 atom stereocenters. The van der Waals surface area contributed by atoms with Crippen LogP contribution in [0.4, 0.5) is 4.39 Å². The van der Waals surface area contributed by atoms with Crippen LogP contribution in [0.1, 0.15) is 11.1 Å². The summed E-state index contributed by atoms with van der Waals surface area (Å²) in [5.74, 6) is 0.547. The van der Waals surface area contributed by atoms with Gasteiger partial charge in [-0.1, -0.05) is 18.2 Å². The summed E-state index contributed by atoms with van der Waals surface area (Å²) >= 11 is 0. The number of benzene rings is 2. The van der Waals surface area contributed by atoms with Gasteiger partial charge in [-0.05, 0) is 37.4 Å². The van der Waals surface area contributed by atoms with Crippen molar-refractivity contribution in [2.45, 2.75) is 6.54 Å². The first kappa shape index (κ1) is 15.0. The van der Waals surface area contributed by atoms with Gasteiger partial charge in [0.2, 0.25) is 0 Å². The summed E-state index contributed by atoms with van der Waals surface area (Å²) in [7, 11) is 1.93. The maximum Gasteiger partial charge on any atom is 0.127 e. The van der Waals surface area contributed by atoms with Gasteiger partial charge in [0.15, 0.2) is 0 Å². The molecule has 0 N–H and O–H groups in total. The van der Waals surface area contributed by atoms with Gasteiger partial charge in [-0.15, -0.1) is 0 Å². The minimum Gasteiger partial charge on any atom is -0.492 e. The molecule has 0 fully saturated rings. The molecular formula is C17H17FN2O. The molecule has 0 bridgehead atoms. The van der Waals surface area contributed by atoms with Crippen LogP contribution >= 0.6 is 0 Å². The molecular weight excluding hydrogens is 267 g/mol. The molecule has 0 aliphatic rings. The zero-order chi connectivity index (χ0) is 15.1. The molecule has 0 unspecified atom stereocenters. The van der Waals surface area contributed by atoms with Crippen molar-refractivity contribution in [1.29, 1.82) is 5.26 Å². The molecule has 0 amide bonds. The first-order valence-corrected chi connectivity index (χ1v) is 6.74. The molecule has 4 heteroatoms. The van der Waals surface area contributed by atoms with Crippen LogP contribution < -0.4 is 4.74 Å². The van der Waals surface area contributed by atoms with Crippen LogP contribution in [0.5, 0.6) is 5.75 Å². The Labute approximate surface area is 124 Å². The van der Waals surface area contributed by atoms with E-state index in [0.29, 0.717) is 30.8 Å². The van der Waals surface area contributed by atoms with Crippen molar-refractivity contribution < 1.29 is 9.13 Å². The van der Waals surface area contributed by atoms with E-state index in [4.69, 9.17) is 10.00 Å².